The Labute approximate surface area is 115 Å². The summed E-state index contributed by atoms with van der Waals surface area (Å²) in [4.78, 5) is 11.6. The van der Waals surface area contributed by atoms with Gasteiger partial charge >= 0.3 is 6.09 Å². The number of carbonyl (C=O) groups is 1. The summed E-state index contributed by atoms with van der Waals surface area (Å²) in [6.07, 6.45) is -1.55. The predicted octanol–water partition coefficient (Wildman–Crippen LogP) is 2.01. The summed E-state index contributed by atoms with van der Waals surface area (Å²) in [7, 11) is 0. The molecule has 0 saturated heterocycles. The van der Waals surface area contributed by atoms with Crippen LogP contribution in [0.4, 0.5) is 14.9 Å². The number of nitrogens with one attached hydrogen (secondary N) is 3. The van der Waals surface area contributed by atoms with E-state index in [4.69, 9.17) is 27.1 Å². The predicted molar refractivity (Wildman–Crippen MR) is 72.0 cm³/mol. The molecule has 9 heteroatoms. The zero-order valence-corrected chi connectivity index (χ0v) is 11.0. The van der Waals surface area contributed by atoms with E-state index in [9.17, 15) is 9.18 Å². The normalized spacial score (nSPS) is 9.79. The molecule has 0 aromatic heterocycles. The number of anilines is 1. The average molecular weight is 330 g/mol. The Morgan fingerprint density at radius 3 is 2.37 bits per heavy atom. The van der Waals surface area contributed by atoms with E-state index in [1.165, 1.54) is 0 Å². The highest BCUT2D eigenvalue weighted by Crippen LogP contribution is 2.23. The van der Waals surface area contributed by atoms with Crippen molar-refractivity contribution in [1.82, 2.24) is 0 Å². The molecule has 1 aromatic carbocycles. The topological polar surface area (TPSA) is 138 Å². The first-order valence-electron chi connectivity index (χ1n) is 4.75. The number of nitrogens with two attached hydrogens (primary N) is 1. The molecule has 0 aliphatic rings. The second-order valence-corrected chi connectivity index (χ2v) is 4.21. The van der Waals surface area contributed by atoms with Gasteiger partial charge in [0.05, 0.1) is 10.2 Å². The van der Waals surface area contributed by atoms with Crippen LogP contribution in [0.5, 0.6) is 0 Å². The number of amidine groups is 2. The number of benzene rings is 1. The fourth-order valence-electron chi connectivity index (χ4n) is 1.20. The quantitative estimate of drug-likeness (QED) is 0.428. The van der Waals surface area contributed by atoms with Gasteiger partial charge in [-0.15, -0.1) is 0 Å². The molecule has 0 radical (unpaired) electrons. The summed E-state index contributed by atoms with van der Waals surface area (Å²) in [5.74, 6) is -2.13. The molecule has 0 atom stereocenters. The number of hydrogen-bond donors (Lipinski definition) is 5. The number of nitrogens with zero attached hydrogens (tertiary/aromatic N) is 1. The first-order chi connectivity index (χ1) is 8.75. The van der Waals surface area contributed by atoms with Gasteiger partial charge in [0.25, 0.3) is 0 Å². The van der Waals surface area contributed by atoms with Crippen LogP contribution in [0.3, 0.4) is 0 Å². The highest BCUT2D eigenvalue weighted by molar-refractivity contribution is 9.10. The first kappa shape index (κ1) is 14.8. The van der Waals surface area contributed by atoms with Crippen LogP contribution in [0, 0.1) is 22.0 Å². The van der Waals surface area contributed by atoms with Gasteiger partial charge in [0.2, 0.25) is 0 Å². The highest BCUT2D eigenvalue weighted by Gasteiger charge is 2.24. The maximum atomic E-state index is 13.1. The van der Waals surface area contributed by atoms with Crippen LogP contribution in [-0.2, 0) is 0 Å². The number of rotatable bonds is 3. The Kier molecular flexibility index (Phi) is 4.33. The van der Waals surface area contributed by atoms with Crippen molar-refractivity contribution in [3.63, 3.8) is 0 Å². The Morgan fingerprint density at radius 2 is 1.95 bits per heavy atom. The van der Waals surface area contributed by atoms with E-state index in [1.807, 2.05) is 0 Å². The summed E-state index contributed by atoms with van der Waals surface area (Å²) >= 11 is 2.89. The van der Waals surface area contributed by atoms with Gasteiger partial charge in [0, 0.05) is 0 Å². The molecule has 1 rings (SSSR count). The molecule has 0 saturated carbocycles. The molecule has 19 heavy (non-hydrogen) atoms. The lowest BCUT2D eigenvalue weighted by atomic mass is 10.2. The van der Waals surface area contributed by atoms with E-state index < -0.39 is 29.3 Å². The minimum absolute atomic E-state index is 0.0124. The average Bonchev–Trinajstić information content (AvgIpc) is 2.32. The van der Waals surface area contributed by atoms with Crippen molar-refractivity contribution in [2.75, 3.05) is 4.90 Å². The maximum Gasteiger partial charge on any atom is 0.417 e. The van der Waals surface area contributed by atoms with Crippen LogP contribution in [0.1, 0.15) is 0 Å². The van der Waals surface area contributed by atoms with Crippen molar-refractivity contribution in [1.29, 1.82) is 16.2 Å². The highest BCUT2D eigenvalue weighted by atomic mass is 79.9. The molecule has 0 heterocycles. The molecule has 0 fully saturated rings. The Bertz CT molecular complexity index is 589. The van der Waals surface area contributed by atoms with Crippen molar-refractivity contribution >= 4 is 45.1 Å². The summed E-state index contributed by atoms with van der Waals surface area (Å²) < 4.78 is 13.1. The Hall–Kier alpha value is -2.29. The third-order valence-electron chi connectivity index (χ3n) is 2.08. The number of hydrogen-bond acceptors (Lipinski definition) is 4. The van der Waals surface area contributed by atoms with Crippen molar-refractivity contribution in [3.8, 4) is 0 Å². The zero-order valence-electron chi connectivity index (χ0n) is 9.37. The lowest BCUT2D eigenvalue weighted by Crippen LogP contribution is -2.44. The number of halogens is 2. The van der Waals surface area contributed by atoms with Crippen LogP contribution < -0.4 is 10.6 Å². The molecule has 0 aliphatic carbocycles. The van der Waals surface area contributed by atoms with Crippen LogP contribution >= 0.6 is 15.9 Å². The zero-order chi connectivity index (χ0) is 14.7. The minimum atomic E-state index is -1.55. The second kappa shape index (κ2) is 5.57. The van der Waals surface area contributed by atoms with Gasteiger partial charge < -0.3 is 10.8 Å². The standard InChI is InChI=1S/C10H9BrFN5O2/c11-5-3-4(1-2-6(5)12)17(10(18)19)9(16)7(13)8(14)15/h1-3,13,16H,(H3,14,15)(H,18,19). The fourth-order valence-corrected chi connectivity index (χ4v) is 1.57. The Balaban J connectivity index is 3.25. The molecular weight excluding hydrogens is 321 g/mol. The van der Waals surface area contributed by atoms with E-state index in [2.05, 4.69) is 15.9 Å². The minimum Gasteiger partial charge on any atom is -0.464 e. The van der Waals surface area contributed by atoms with Crippen molar-refractivity contribution in [2.45, 2.75) is 0 Å². The SMILES string of the molecule is N=C(N)C(=N)C(=N)N(C(=O)O)c1ccc(F)c(Br)c1. The first-order valence-corrected chi connectivity index (χ1v) is 5.55. The van der Waals surface area contributed by atoms with E-state index in [-0.39, 0.29) is 10.2 Å². The molecule has 0 bridgehead atoms. The van der Waals surface area contributed by atoms with Crippen molar-refractivity contribution < 1.29 is 14.3 Å². The lowest BCUT2D eigenvalue weighted by Gasteiger charge is -2.20. The van der Waals surface area contributed by atoms with Gasteiger partial charge in [-0.1, -0.05) is 0 Å². The maximum absolute atomic E-state index is 13.1. The van der Waals surface area contributed by atoms with Crippen LogP contribution in [0.2, 0.25) is 0 Å². The summed E-state index contributed by atoms with van der Waals surface area (Å²) in [6, 6.07) is 3.29. The smallest absolute Gasteiger partial charge is 0.417 e. The Morgan fingerprint density at radius 1 is 1.37 bits per heavy atom. The monoisotopic (exact) mass is 329 g/mol. The number of carboxylic acid groups (broad SMARTS) is 1. The number of amides is 1. The molecule has 1 aromatic rings. The third-order valence-corrected chi connectivity index (χ3v) is 2.69. The summed E-state index contributed by atoms with van der Waals surface area (Å²) in [6.45, 7) is 0. The fraction of sp³-hybridized carbons (Fsp3) is 0. The van der Waals surface area contributed by atoms with Gasteiger partial charge in [0.1, 0.15) is 17.4 Å². The molecule has 0 unspecified atom stereocenters. The molecule has 0 aliphatic heterocycles. The molecule has 0 spiro atoms. The van der Waals surface area contributed by atoms with Crippen molar-refractivity contribution in [2.24, 2.45) is 5.73 Å². The summed E-state index contributed by atoms with van der Waals surface area (Å²) in [5, 5.41) is 31.0. The van der Waals surface area contributed by atoms with E-state index in [0.717, 1.165) is 18.2 Å². The van der Waals surface area contributed by atoms with Gasteiger partial charge in [-0.05, 0) is 34.1 Å². The third kappa shape index (κ3) is 3.13. The largest absolute Gasteiger partial charge is 0.464 e. The van der Waals surface area contributed by atoms with E-state index in [1.54, 1.807) is 0 Å². The molecule has 7 nitrogen and oxygen atoms in total. The van der Waals surface area contributed by atoms with Gasteiger partial charge in [0.15, 0.2) is 5.84 Å². The van der Waals surface area contributed by atoms with Crippen LogP contribution in [0.15, 0.2) is 22.7 Å². The van der Waals surface area contributed by atoms with E-state index in [0.29, 0.717) is 4.90 Å². The van der Waals surface area contributed by atoms with Crippen LogP contribution in [-0.4, -0.2) is 28.6 Å². The van der Waals surface area contributed by atoms with Gasteiger partial charge in [-0.25, -0.2) is 14.1 Å². The van der Waals surface area contributed by atoms with Gasteiger partial charge in [-0.2, -0.15) is 0 Å². The summed E-state index contributed by atoms with van der Waals surface area (Å²) in [5.41, 5.74) is 4.24. The molecule has 1 amide bonds. The van der Waals surface area contributed by atoms with E-state index >= 15 is 0 Å². The molecule has 100 valence electrons. The second-order valence-electron chi connectivity index (χ2n) is 3.35. The lowest BCUT2D eigenvalue weighted by molar-refractivity contribution is 0.205. The molecular formula is C10H9BrFN5O2. The molecule has 6 N–H and O–H groups in total. The van der Waals surface area contributed by atoms with Gasteiger partial charge in [-0.3, -0.25) is 16.2 Å². The van der Waals surface area contributed by atoms with Crippen molar-refractivity contribution in [3.05, 3.63) is 28.5 Å². The van der Waals surface area contributed by atoms with Crippen LogP contribution in [0.25, 0.3) is 0 Å².